The largest absolute Gasteiger partial charge is 0.444 e. The molecule has 0 saturated heterocycles. The first-order valence-corrected chi connectivity index (χ1v) is 5.39. The van der Waals surface area contributed by atoms with Gasteiger partial charge in [0.15, 0.2) is 0 Å². The highest BCUT2D eigenvalue weighted by Gasteiger charge is 2.03. The second-order valence-electron chi connectivity index (χ2n) is 3.86. The molecule has 1 rings (SSSR count). The minimum absolute atomic E-state index is 0.473. The van der Waals surface area contributed by atoms with Crippen molar-refractivity contribution in [2.45, 2.75) is 52.6 Å². The zero-order valence-electron chi connectivity index (χ0n) is 9.34. The van der Waals surface area contributed by atoms with E-state index in [9.17, 15) is 0 Å². The van der Waals surface area contributed by atoms with Gasteiger partial charge in [-0.2, -0.15) is 0 Å². The summed E-state index contributed by atoms with van der Waals surface area (Å²) in [6, 6.07) is 0.473. The lowest BCUT2D eigenvalue weighted by Gasteiger charge is -2.03. The topological polar surface area (TPSA) is 38.1 Å². The van der Waals surface area contributed by atoms with Crippen molar-refractivity contribution in [2.24, 2.45) is 0 Å². The lowest BCUT2D eigenvalue weighted by atomic mass is 10.2. The summed E-state index contributed by atoms with van der Waals surface area (Å²) in [5.41, 5.74) is 0. The molecule has 0 aromatic carbocycles. The molecule has 0 bridgehead atoms. The van der Waals surface area contributed by atoms with Crippen molar-refractivity contribution in [1.82, 2.24) is 10.3 Å². The fourth-order valence-corrected chi connectivity index (χ4v) is 1.19. The molecular weight excluding hydrogens is 176 g/mol. The van der Waals surface area contributed by atoms with E-state index in [1.807, 2.05) is 6.20 Å². The first-order valence-electron chi connectivity index (χ1n) is 5.39. The molecule has 1 heterocycles. The number of aromatic nitrogens is 1. The van der Waals surface area contributed by atoms with Crippen LogP contribution in [0.2, 0.25) is 0 Å². The molecule has 0 aliphatic heterocycles. The van der Waals surface area contributed by atoms with Crippen LogP contribution in [-0.2, 0) is 13.0 Å². The van der Waals surface area contributed by atoms with Crippen molar-refractivity contribution in [3.63, 3.8) is 0 Å². The number of nitrogens with one attached hydrogen (secondary N) is 1. The molecule has 0 aliphatic carbocycles. The Bertz CT molecular complexity index is 256. The zero-order chi connectivity index (χ0) is 10.4. The maximum Gasteiger partial charge on any atom is 0.208 e. The van der Waals surface area contributed by atoms with Gasteiger partial charge in [-0.3, -0.25) is 0 Å². The molecular formula is C11H20N2O. The summed E-state index contributed by atoms with van der Waals surface area (Å²) in [7, 11) is 0. The van der Waals surface area contributed by atoms with E-state index >= 15 is 0 Å². The lowest BCUT2D eigenvalue weighted by molar-refractivity contribution is 0.421. The Morgan fingerprint density at radius 3 is 2.93 bits per heavy atom. The van der Waals surface area contributed by atoms with Crippen molar-refractivity contribution < 1.29 is 4.42 Å². The smallest absolute Gasteiger partial charge is 0.208 e. The Kier molecular flexibility index (Phi) is 4.66. The van der Waals surface area contributed by atoms with Crippen LogP contribution in [0, 0.1) is 0 Å². The van der Waals surface area contributed by atoms with Crippen molar-refractivity contribution in [2.75, 3.05) is 0 Å². The average Bonchev–Trinajstić information content (AvgIpc) is 2.59. The van der Waals surface area contributed by atoms with Gasteiger partial charge in [0.25, 0.3) is 0 Å². The third-order valence-electron chi connectivity index (χ3n) is 2.04. The van der Waals surface area contributed by atoms with E-state index in [1.54, 1.807) is 0 Å². The molecule has 3 nitrogen and oxygen atoms in total. The van der Waals surface area contributed by atoms with Gasteiger partial charge < -0.3 is 9.73 Å². The normalized spacial score (nSPS) is 11.1. The maximum atomic E-state index is 5.56. The molecule has 0 radical (unpaired) electrons. The molecule has 0 fully saturated rings. The highest BCUT2D eigenvalue weighted by Crippen LogP contribution is 2.07. The summed E-state index contributed by atoms with van der Waals surface area (Å²) in [6.45, 7) is 7.13. The van der Waals surface area contributed by atoms with Gasteiger partial charge in [0, 0.05) is 12.5 Å². The fraction of sp³-hybridized carbons (Fsp3) is 0.727. The Hall–Kier alpha value is -0.830. The summed E-state index contributed by atoms with van der Waals surface area (Å²) in [5.74, 6) is 1.80. The number of oxazole rings is 1. The number of hydrogen-bond donors (Lipinski definition) is 1. The molecule has 0 atom stereocenters. The van der Waals surface area contributed by atoms with Crippen LogP contribution in [0.1, 0.15) is 45.3 Å². The molecule has 80 valence electrons. The van der Waals surface area contributed by atoms with Crippen LogP contribution < -0.4 is 5.32 Å². The van der Waals surface area contributed by atoms with Crippen LogP contribution in [-0.4, -0.2) is 11.0 Å². The highest BCUT2D eigenvalue weighted by molar-refractivity contribution is 4.94. The molecule has 1 aromatic rings. The van der Waals surface area contributed by atoms with Gasteiger partial charge in [0.1, 0.15) is 5.76 Å². The molecule has 0 saturated carbocycles. The number of rotatable bonds is 6. The molecule has 14 heavy (non-hydrogen) atoms. The Morgan fingerprint density at radius 2 is 2.29 bits per heavy atom. The average molecular weight is 196 g/mol. The summed E-state index contributed by atoms with van der Waals surface area (Å²) >= 11 is 0. The van der Waals surface area contributed by atoms with Crippen LogP contribution in [0.25, 0.3) is 0 Å². The zero-order valence-corrected chi connectivity index (χ0v) is 9.34. The predicted molar refractivity (Wildman–Crippen MR) is 57.1 cm³/mol. The van der Waals surface area contributed by atoms with E-state index in [1.165, 1.54) is 12.8 Å². The van der Waals surface area contributed by atoms with Gasteiger partial charge in [-0.15, -0.1) is 0 Å². The van der Waals surface area contributed by atoms with Crippen LogP contribution in [0.4, 0.5) is 0 Å². The summed E-state index contributed by atoms with van der Waals surface area (Å²) < 4.78 is 5.56. The van der Waals surface area contributed by atoms with E-state index in [2.05, 4.69) is 31.1 Å². The molecule has 0 spiro atoms. The minimum Gasteiger partial charge on any atom is -0.444 e. The van der Waals surface area contributed by atoms with E-state index in [0.29, 0.717) is 6.04 Å². The van der Waals surface area contributed by atoms with Crippen LogP contribution >= 0.6 is 0 Å². The predicted octanol–water partition coefficient (Wildman–Crippen LogP) is 2.52. The number of hydrogen-bond acceptors (Lipinski definition) is 3. The fourth-order valence-electron chi connectivity index (χ4n) is 1.19. The molecule has 0 amide bonds. The number of aryl methyl sites for hydroxylation is 1. The first kappa shape index (κ1) is 11.2. The van der Waals surface area contributed by atoms with Crippen LogP contribution in [0.15, 0.2) is 10.6 Å². The number of unbranched alkanes of at least 4 members (excludes halogenated alkanes) is 1. The van der Waals surface area contributed by atoms with E-state index in [-0.39, 0.29) is 0 Å². The third kappa shape index (κ3) is 3.92. The van der Waals surface area contributed by atoms with Gasteiger partial charge in [-0.1, -0.05) is 27.2 Å². The number of nitrogens with zero attached hydrogens (tertiary/aromatic N) is 1. The monoisotopic (exact) mass is 196 g/mol. The van der Waals surface area contributed by atoms with Gasteiger partial charge in [0.05, 0.1) is 12.7 Å². The first-order chi connectivity index (χ1) is 6.72. The Morgan fingerprint density at radius 1 is 1.50 bits per heavy atom. The lowest BCUT2D eigenvalue weighted by Crippen LogP contribution is -2.21. The van der Waals surface area contributed by atoms with Gasteiger partial charge in [-0.25, -0.2) is 4.98 Å². The summed E-state index contributed by atoms with van der Waals surface area (Å²) in [6.07, 6.45) is 5.21. The standard InChI is InChI=1S/C11H20N2O/c1-4-5-6-10-7-13-11(14-10)8-12-9(2)3/h7,9,12H,4-6,8H2,1-3H3. The summed E-state index contributed by atoms with van der Waals surface area (Å²) in [5, 5.41) is 3.27. The van der Waals surface area contributed by atoms with Crippen molar-refractivity contribution >= 4 is 0 Å². The second kappa shape index (κ2) is 5.81. The van der Waals surface area contributed by atoms with Gasteiger partial charge >= 0.3 is 0 Å². The Balaban J connectivity index is 2.35. The van der Waals surface area contributed by atoms with Crippen LogP contribution in [0.5, 0.6) is 0 Å². The SMILES string of the molecule is CCCCc1cnc(CNC(C)C)o1. The Labute approximate surface area is 85.9 Å². The minimum atomic E-state index is 0.473. The van der Waals surface area contributed by atoms with E-state index in [4.69, 9.17) is 4.42 Å². The van der Waals surface area contributed by atoms with Gasteiger partial charge in [-0.05, 0) is 6.42 Å². The maximum absolute atomic E-state index is 5.56. The van der Waals surface area contributed by atoms with Gasteiger partial charge in [0.2, 0.25) is 5.89 Å². The molecule has 3 heteroatoms. The van der Waals surface area contributed by atoms with Crippen molar-refractivity contribution in [1.29, 1.82) is 0 Å². The quantitative estimate of drug-likeness (QED) is 0.759. The second-order valence-corrected chi connectivity index (χ2v) is 3.86. The highest BCUT2D eigenvalue weighted by atomic mass is 16.4. The molecule has 0 unspecified atom stereocenters. The molecule has 1 aromatic heterocycles. The van der Waals surface area contributed by atoms with Crippen molar-refractivity contribution in [3.05, 3.63) is 17.8 Å². The third-order valence-corrected chi connectivity index (χ3v) is 2.04. The van der Waals surface area contributed by atoms with E-state index in [0.717, 1.165) is 24.6 Å². The van der Waals surface area contributed by atoms with Crippen molar-refractivity contribution in [3.8, 4) is 0 Å². The van der Waals surface area contributed by atoms with E-state index < -0.39 is 0 Å². The molecule has 0 aliphatic rings. The molecule has 1 N–H and O–H groups in total. The van der Waals surface area contributed by atoms with Crippen LogP contribution in [0.3, 0.4) is 0 Å². The summed E-state index contributed by atoms with van der Waals surface area (Å²) in [4.78, 5) is 4.21.